The Labute approximate surface area is 156 Å². The van der Waals surface area contributed by atoms with Gasteiger partial charge in [-0.3, -0.25) is 0 Å². The molecule has 0 spiro atoms. The second kappa shape index (κ2) is 8.36. The molecule has 1 aromatic heterocycles. The Morgan fingerprint density at radius 2 is 1.85 bits per heavy atom. The lowest BCUT2D eigenvalue weighted by Gasteiger charge is -2.32. The van der Waals surface area contributed by atoms with Gasteiger partial charge in [-0.05, 0) is 31.4 Å². The Kier molecular flexibility index (Phi) is 5.93. The number of hydrogen-bond acceptors (Lipinski definition) is 6. The van der Waals surface area contributed by atoms with Crippen molar-refractivity contribution in [2.75, 3.05) is 49.3 Å². The molecule has 3 N–H and O–H groups in total. The normalized spacial score (nSPS) is 18.9. The van der Waals surface area contributed by atoms with Crippen LogP contribution < -0.4 is 20.9 Å². The quantitative estimate of drug-likeness (QED) is 0.710. The first-order chi connectivity index (χ1) is 12.5. The third-order valence-electron chi connectivity index (χ3n) is 4.90. The van der Waals surface area contributed by atoms with Crippen LogP contribution in [0.2, 0.25) is 0 Å². The predicted molar refractivity (Wildman–Crippen MR) is 109 cm³/mol. The number of nitrogens with zero attached hydrogens (tertiary/aromatic N) is 4. The Morgan fingerprint density at radius 1 is 1.12 bits per heavy atom. The van der Waals surface area contributed by atoms with E-state index >= 15 is 0 Å². The summed E-state index contributed by atoms with van der Waals surface area (Å²) in [4.78, 5) is 13.5. The van der Waals surface area contributed by atoms with E-state index in [2.05, 4.69) is 52.6 Å². The van der Waals surface area contributed by atoms with Crippen molar-refractivity contribution in [2.45, 2.75) is 31.2 Å². The predicted octanol–water partition coefficient (Wildman–Crippen LogP) is 2.69. The highest BCUT2D eigenvalue weighted by Gasteiger charge is 2.29. The molecule has 140 valence electrons. The lowest BCUT2D eigenvalue weighted by atomic mass is 9.78. The van der Waals surface area contributed by atoms with Gasteiger partial charge in [0.05, 0.1) is 5.69 Å². The zero-order valence-corrected chi connectivity index (χ0v) is 16.0. The molecule has 1 aromatic carbocycles. The van der Waals surface area contributed by atoms with Crippen molar-refractivity contribution in [2.24, 2.45) is 5.73 Å². The molecule has 1 heterocycles. The fourth-order valence-electron chi connectivity index (χ4n) is 3.20. The van der Waals surface area contributed by atoms with Crippen LogP contribution in [0.1, 0.15) is 30.9 Å². The monoisotopic (exact) mass is 354 g/mol. The first-order valence-corrected chi connectivity index (χ1v) is 9.35. The van der Waals surface area contributed by atoms with Gasteiger partial charge in [-0.2, -0.15) is 4.98 Å². The molecule has 0 saturated heterocycles. The van der Waals surface area contributed by atoms with Gasteiger partial charge in [0, 0.05) is 57.9 Å². The van der Waals surface area contributed by atoms with Crippen molar-refractivity contribution in [3.8, 4) is 0 Å². The fraction of sp³-hybridized carbons (Fsp3) is 0.500. The van der Waals surface area contributed by atoms with Gasteiger partial charge in [0.15, 0.2) is 0 Å². The molecule has 0 radical (unpaired) electrons. The average molecular weight is 355 g/mol. The minimum Gasteiger partial charge on any atom is -0.375 e. The third kappa shape index (κ3) is 4.64. The van der Waals surface area contributed by atoms with E-state index in [1.165, 1.54) is 5.69 Å². The average Bonchev–Trinajstić information content (AvgIpc) is 2.63. The summed E-state index contributed by atoms with van der Waals surface area (Å²) < 4.78 is 0. The highest BCUT2D eigenvalue weighted by atomic mass is 15.2. The number of aromatic nitrogens is 2. The first-order valence-electron chi connectivity index (χ1n) is 9.35. The van der Waals surface area contributed by atoms with E-state index in [4.69, 9.17) is 10.7 Å². The molecule has 3 rings (SSSR count). The minimum absolute atomic E-state index is 0.322. The van der Waals surface area contributed by atoms with Crippen molar-refractivity contribution in [1.29, 1.82) is 0 Å². The van der Waals surface area contributed by atoms with Crippen LogP contribution in [-0.4, -0.2) is 50.2 Å². The molecule has 1 aliphatic carbocycles. The summed E-state index contributed by atoms with van der Waals surface area (Å²) in [6.45, 7) is 1.87. The maximum atomic E-state index is 5.94. The molecule has 1 saturated carbocycles. The second-order valence-electron chi connectivity index (χ2n) is 7.34. The van der Waals surface area contributed by atoms with Gasteiger partial charge in [-0.15, -0.1) is 0 Å². The highest BCUT2D eigenvalue weighted by Crippen LogP contribution is 2.35. The molecule has 1 fully saturated rings. The molecule has 1 aliphatic rings. The zero-order chi connectivity index (χ0) is 18.5. The smallest absolute Gasteiger partial charge is 0.227 e. The van der Waals surface area contributed by atoms with E-state index in [1.807, 2.05) is 25.1 Å². The molecule has 26 heavy (non-hydrogen) atoms. The Balaban J connectivity index is 1.55. The van der Waals surface area contributed by atoms with Gasteiger partial charge in [-0.25, -0.2) is 4.98 Å². The maximum absolute atomic E-state index is 5.94. The molecule has 0 amide bonds. The molecule has 0 atom stereocenters. The summed E-state index contributed by atoms with van der Waals surface area (Å²) in [5.41, 5.74) is 8.29. The van der Waals surface area contributed by atoms with Gasteiger partial charge in [0.2, 0.25) is 5.95 Å². The number of nitrogens with two attached hydrogens (primary N) is 1. The van der Waals surface area contributed by atoms with Gasteiger partial charge in [-0.1, -0.05) is 18.2 Å². The number of hydrogen-bond donors (Lipinski definition) is 2. The molecular weight excluding hydrogens is 324 g/mol. The first kappa shape index (κ1) is 18.5. The fourth-order valence-corrected chi connectivity index (χ4v) is 3.20. The van der Waals surface area contributed by atoms with Crippen molar-refractivity contribution in [1.82, 2.24) is 9.97 Å². The Morgan fingerprint density at radius 3 is 2.50 bits per heavy atom. The molecule has 0 aliphatic heterocycles. The third-order valence-corrected chi connectivity index (χ3v) is 4.90. The van der Waals surface area contributed by atoms with Crippen molar-refractivity contribution < 1.29 is 0 Å². The topological polar surface area (TPSA) is 70.3 Å². The van der Waals surface area contributed by atoms with Crippen LogP contribution in [0.4, 0.5) is 17.5 Å². The summed E-state index contributed by atoms with van der Waals surface area (Å²) in [5.74, 6) is 2.13. The second-order valence-corrected chi connectivity index (χ2v) is 7.34. The van der Waals surface area contributed by atoms with E-state index in [9.17, 15) is 0 Å². The number of para-hydroxylation sites is 1. The number of anilines is 3. The van der Waals surface area contributed by atoms with Gasteiger partial charge < -0.3 is 20.9 Å². The standard InChI is InChI=1S/C20H30N6/c1-25(2)20-23-18(15-12-16(21)13-15)14-19(24-20)22-10-7-11-26(3)17-8-5-4-6-9-17/h4-6,8-9,14-16H,7,10-13,21H2,1-3H3,(H,22,23,24). The molecule has 2 aromatic rings. The number of rotatable bonds is 8. The van der Waals surface area contributed by atoms with Crippen molar-refractivity contribution >= 4 is 17.5 Å². The molecule has 0 bridgehead atoms. The lowest BCUT2D eigenvalue weighted by molar-refractivity contribution is 0.345. The summed E-state index contributed by atoms with van der Waals surface area (Å²) in [6.07, 6.45) is 3.08. The van der Waals surface area contributed by atoms with E-state index in [0.717, 1.165) is 49.8 Å². The van der Waals surface area contributed by atoms with Crippen LogP contribution in [0.15, 0.2) is 36.4 Å². The summed E-state index contributed by atoms with van der Waals surface area (Å²) in [7, 11) is 6.08. The summed E-state index contributed by atoms with van der Waals surface area (Å²) in [5, 5.41) is 3.47. The van der Waals surface area contributed by atoms with Crippen molar-refractivity contribution in [3.05, 3.63) is 42.1 Å². The Hall–Kier alpha value is -2.34. The largest absolute Gasteiger partial charge is 0.375 e. The molecular formula is C20H30N6. The number of benzene rings is 1. The highest BCUT2D eigenvalue weighted by molar-refractivity contribution is 5.46. The summed E-state index contributed by atoms with van der Waals surface area (Å²) in [6, 6.07) is 12.9. The van der Waals surface area contributed by atoms with E-state index in [1.54, 1.807) is 0 Å². The van der Waals surface area contributed by atoms with Crippen LogP contribution in [0, 0.1) is 0 Å². The van der Waals surface area contributed by atoms with Crippen LogP contribution in [0.25, 0.3) is 0 Å². The SMILES string of the molecule is CN(C)c1nc(NCCCN(C)c2ccccc2)cc(C2CC(N)C2)n1. The van der Waals surface area contributed by atoms with Crippen LogP contribution in [0.3, 0.4) is 0 Å². The minimum atomic E-state index is 0.322. The maximum Gasteiger partial charge on any atom is 0.227 e. The zero-order valence-electron chi connectivity index (χ0n) is 16.0. The molecule has 6 nitrogen and oxygen atoms in total. The van der Waals surface area contributed by atoms with E-state index < -0.39 is 0 Å². The van der Waals surface area contributed by atoms with Crippen LogP contribution >= 0.6 is 0 Å². The molecule has 0 unspecified atom stereocenters. The van der Waals surface area contributed by atoms with E-state index in [0.29, 0.717) is 12.0 Å². The van der Waals surface area contributed by atoms with Gasteiger partial charge >= 0.3 is 0 Å². The summed E-state index contributed by atoms with van der Waals surface area (Å²) >= 11 is 0. The van der Waals surface area contributed by atoms with Gasteiger partial charge in [0.1, 0.15) is 5.82 Å². The van der Waals surface area contributed by atoms with Crippen LogP contribution in [-0.2, 0) is 0 Å². The van der Waals surface area contributed by atoms with E-state index in [-0.39, 0.29) is 0 Å². The Bertz CT molecular complexity index is 697. The van der Waals surface area contributed by atoms with Gasteiger partial charge in [0.25, 0.3) is 0 Å². The lowest BCUT2D eigenvalue weighted by Crippen LogP contribution is -2.35. The molecule has 6 heteroatoms. The van der Waals surface area contributed by atoms with Crippen molar-refractivity contribution in [3.63, 3.8) is 0 Å². The van der Waals surface area contributed by atoms with Crippen LogP contribution in [0.5, 0.6) is 0 Å². The number of nitrogens with one attached hydrogen (secondary N) is 1.